The van der Waals surface area contributed by atoms with E-state index < -0.39 is 0 Å². The van der Waals surface area contributed by atoms with E-state index in [1.807, 2.05) is 30.1 Å². The number of hydrogen-bond donors (Lipinski definition) is 1. The third kappa shape index (κ3) is 6.85. The van der Waals surface area contributed by atoms with Gasteiger partial charge in [0.05, 0.1) is 6.54 Å². The van der Waals surface area contributed by atoms with Crippen molar-refractivity contribution >= 4 is 21.8 Å². The van der Waals surface area contributed by atoms with E-state index in [0.717, 1.165) is 23.9 Å². The number of hydrogen-bond acceptors (Lipinski definition) is 2. The zero-order valence-electron chi connectivity index (χ0n) is 14.3. The molecule has 4 heteroatoms. The average Bonchev–Trinajstić information content (AvgIpc) is 2.56. The quantitative estimate of drug-likeness (QED) is 0.740. The van der Waals surface area contributed by atoms with Gasteiger partial charge in [-0.3, -0.25) is 9.69 Å². The Bertz CT molecular complexity index is 628. The number of amides is 1. The van der Waals surface area contributed by atoms with Gasteiger partial charge in [-0.05, 0) is 50.1 Å². The van der Waals surface area contributed by atoms with E-state index >= 15 is 0 Å². The van der Waals surface area contributed by atoms with E-state index in [0.29, 0.717) is 6.54 Å². The van der Waals surface area contributed by atoms with Gasteiger partial charge in [0.25, 0.3) is 0 Å². The molecular formula is C20H25BrN2O. The summed E-state index contributed by atoms with van der Waals surface area (Å²) in [6.45, 7) is 3.24. The first kappa shape index (κ1) is 18.7. The molecule has 0 heterocycles. The molecular weight excluding hydrogens is 364 g/mol. The highest BCUT2D eigenvalue weighted by molar-refractivity contribution is 9.10. The van der Waals surface area contributed by atoms with Crippen LogP contribution in [0.25, 0.3) is 0 Å². The normalized spacial score (nSPS) is 12.2. The first-order chi connectivity index (χ1) is 11.5. The summed E-state index contributed by atoms with van der Waals surface area (Å²) in [5.74, 6) is 0.0789. The van der Waals surface area contributed by atoms with Crippen LogP contribution in [0.5, 0.6) is 0 Å². The number of nitrogens with zero attached hydrogens (tertiary/aromatic N) is 1. The maximum absolute atomic E-state index is 12.2. The lowest BCUT2D eigenvalue weighted by Crippen LogP contribution is -2.39. The number of aryl methyl sites for hydroxylation is 1. The van der Waals surface area contributed by atoms with Gasteiger partial charge in [0.2, 0.25) is 5.91 Å². The van der Waals surface area contributed by atoms with Crippen molar-refractivity contribution in [2.75, 3.05) is 13.6 Å². The highest BCUT2D eigenvalue weighted by atomic mass is 79.9. The zero-order chi connectivity index (χ0) is 17.4. The Morgan fingerprint density at radius 1 is 1.08 bits per heavy atom. The second-order valence-electron chi connectivity index (χ2n) is 6.29. The van der Waals surface area contributed by atoms with Crippen LogP contribution in [0.1, 0.15) is 24.5 Å². The Balaban J connectivity index is 1.70. The predicted octanol–water partition coefficient (Wildman–Crippen LogP) is 4.02. The minimum atomic E-state index is 0.0789. The molecule has 0 spiro atoms. The van der Waals surface area contributed by atoms with Crippen LogP contribution in [0.3, 0.4) is 0 Å². The molecule has 2 aromatic rings. The summed E-state index contributed by atoms with van der Waals surface area (Å²) in [6.07, 6.45) is 1.93. The van der Waals surface area contributed by atoms with Crippen LogP contribution in [-0.4, -0.2) is 30.4 Å². The molecule has 0 saturated heterocycles. The van der Waals surface area contributed by atoms with Gasteiger partial charge in [0.15, 0.2) is 0 Å². The van der Waals surface area contributed by atoms with Crippen molar-refractivity contribution in [3.05, 3.63) is 70.2 Å². The summed E-state index contributed by atoms with van der Waals surface area (Å²) in [5.41, 5.74) is 2.51. The molecule has 24 heavy (non-hydrogen) atoms. The topological polar surface area (TPSA) is 32.3 Å². The van der Waals surface area contributed by atoms with Crippen LogP contribution >= 0.6 is 15.9 Å². The largest absolute Gasteiger partial charge is 0.353 e. The van der Waals surface area contributed by atoms with Crippen molar-refractivity contribution in [3.63, 3.8) is 0 Å². The number of benzene rings is 2. The molecule has 0 fully saturated rings. The van der Waals surface area contributed by atoms with Crippen LogP contribution < -0.4 is 5.32 Å². The molecule has 128 valence electrons. The number of carbonyl (C=O) groups is 1. The number of nitrogens with one attached hydrogen (secondary N) is 1. The number of likely N-dealkylation sites (N-methyl/N-ethyl adjacent to an activating group) is 1. The molecule has 0 aliphatic heterocycles. The van der Waals surface area contributed by atoms with E-state index in [1.54, 1.807) is 0 Å². The van der Waals surface area contributed by atoms with Crippen LogP contribution in [0.2, 0.25) is 0 Å². The minimum Gasteiger partial charge on any atom is -0.353 e. The van der Waals surface area contributed by atoms with Crippen molar-refractivity contribution in [3.8, 4) is 0 Å². The number of halogens is 1. The molecule has 2 aromatic carbocycles. The second-order valence-corrected chi connectivity index (χ2v) is 7.21. The second kappa shape index (κ2) is 9.60. The maximum atomic E-state index is 12.2. The van der Waals surface area contributed by atoms with Gasteiger partial charge >= 0.3 is 0 Å². The predicted molar refractivity (Wildman–Crippen MR) is 103 cm³/mol. The van der Waals surface area contributed by atoms with E-state index in [2.05, 4.69) is 64.6 Å². The molecule has 1 amide bonds. The van der Waals surface area contributed by atoms with Gasteiger partial charge < -0.3 is 5.32 Å². The molecule has 0 aliphatic rings. The fourth-order valence-corrected chi connectivity index (χ4v) is 2.89. The molecule has 3 nitrogen and oxygen atoms in total. The van der Waals surface area contributed by atoms with Crippen LogP contribution in [-0.2, 0) is 17.8 Å². The van der Waals surface area contributed by atoms with Crippen molar-refractivity contribution < 1.29 is 4.79 Å². The first-order valence-electron chi connectivity index (χ1n) is 8.29. The summed E-state index contributed by atoms with van der Waals surface area (Å²) >= 11 is 3.43. The highest BCUT2D eigenvalue weighted by Gasteiger charge is 2.10. The lowest BCUT2D eigenvalue weighted by atomic mass is 10.1. The van der Waals surface area contributed by atoms with Crippen molar-refractivity contribution in [1.29, 1.82) is 0 Å². The fourth-order valence-electron chi connectivity index (χ4n) is 2.62. The third-order valence-electron chi connectivity index (χ3n) is 3.90. The highest BCUT2D eigenvalue weighted by Crippen LogP contribution is 2.11. The molecule has 1 N–H and O–H groups in total. The Morgan fingerprint density at radius 3 is 2.42 bits per heavy atom. The lowest BCUT2D eigenvalue weighted by molar-refractivity contribution is -0.122. The molecule has 0 unspecified atom stereocenters. The number of rotatable bonds is 8. The Morgan fingerprint density at radius 2 is 1.75 bits per heavy atom. The summed E-state index contributed by atoms with van der Waals surface area (Å²) in [7, 11) is 1.97. The summed E-state index contributed by atoms with van der Waals surface area (Å²) in [4.78, 5) is 14.2. The van der Waals surface area contributed by atoms with Crippen LogP contribution in [0, 0.1) is 0 Å². The Labute approximate surface area is 153 Å². The van der Waals surface area contributed by atoms with Crippen molar-refractivity contribution in [2.45, 2.75) is 32.4 Å². The average molecular weight is 389 g/mol. The molecule has 0 radical (unpaired) electrons. The van der Waals surface area contributed by atoms with Crippen LogP contribution in [0.4, 0.5) is 0 Å². The van der Waals surface area contributed by atoms with Crippen LogP contribution in [0.15, 0.2) is 59.1 Å². The summed E-state index contributed by atoms with van der Waals surface area (Å²) in [5, 5.41) is 3.09. The zero-order valence-corrected chi connectivity index (χ0v) is 15.9. The van der Waals surface area contributed by atoms with E-state index in [-0.39, 0.29) is 11.9 Å². The maximum Gasteiger partial charge on any atom is 0.234 e. The van der Waals surface area contributed by atoms with E-state index in [4.69, 9.17) is 0 Å². The SMILES string of the molecule is C[C@@H](CCc1ccccc1)NC(=O)CN(C)Cc1ccc(Br)cc1. The van der Waals surface area contributed by atoms with Crippen molar-refractivity contribution in [1.82, 2.24) is 10.2 Å². The molecule has 0 aromatic heterocycles. The molecule has 2 rings (SSSR count). The van der Waals surface area contributed by atoms with Gasteiger partial charge in [-0.2, -0.15) is 0 Å². The van der Waals surface area contributed by atoms with E-state index in [1.165, 1.54) is 11.1 Å². The van der Waals surface area contributed by atoms with E-state index in [9.17, 15) is 4.79 Å². The monoisotopic (exact) mass is 388 g/mol. The lowest BCUT2D eigenvalue weighted by Gasteiger charge is -2.19. The van der Waals surface area contributed by atoms with Crippen molar-refractivity contribution in [2.24, 2.45) is 0 Å². The molecule has 1 atom stereocenters. The fraction of sp³-hybridized carbons (Fsp3) is 0.350. The van der Waals surface area contributed by atoms with Gasteiger partial charge in [-0.25, -0.2) is 0 Å². The Hall–Kier alpha value is -1.65. The summed E-state index contributed by atoms with van der Waals surface area (Å²) < 4.78 is 1.07. The smallest absolute Gasteiger partial charge is 0.234 e. The molecule has 0 aliphatic carbocycles. The molecule has 0 saturated carbocycles. The van der Waals surface area contributed by atoms with Gasteiger partial charge in [0.1, 0.15) is 0 Å². The van der Waals surface area contributed by atoms with Gasteiger partial charge in [-0.15, -0.1) is 0 Å². The standard InChI is InChI=1S/C20H25BrN2O/c1-16(8-9-17-6-4-3-5-7-17)22-20(24)15-23(2)14-18-10-12-19(21)13-11-18/h3-7,10-13,16H,8-9,14-15H2,1-2H3,(H,22,24)/t16-/m0/s1. The van der Waals surface area contributed by atoms with Gasteiger partial charge in [-0.1, -0.05) is 58.4 Å². The summed E-state index contributed by atoms with van der Waals surface area (Å²) in [6, 6.07) is 18.7. The first-order valence-corrected chi connectivity index (χ1v) is 9.08. The molecule has 0 bridgehead atoms. The van der Waals surface area contributed by atoms with Gasteiger partial charge in [0, 0.05) is 17.1 Å². The Kier molecular flexibility index (Phi) is 7.47. The third-order valence-corrected chi connectivity index (χ3v) is 4.42. The minimum absolute atomic E-state index is 0.0789. The number of carbonyl (C=O) groups excluding carboxylic acids is 1.